The molecule has 6 rings (SSSR count). The number of amides is 2. The van der Waals surface area contributed by atoms with Gasteiger partial charge in [0.15, 0.2) is 0 Å². The van der Waals surface area contributed by atoms with Gasteiger partial charge >= 0.3 is 12.0 Å². The lowest BCUT2D eigenvalue weighted by molar-refractivity contribution is -0.0625. The largest absolute Gasteiger partial charge is 0.456 e. The zero-order valence-electron chi connectivity index (χ0n) is 23.0. The fraction of sp³-hybridized carbons (Fsp3) is 0.586. The van der Waals surface area contributed by atoms with E-state index >= 15 is 0 Å². The second kappa shape index (κ2) is 11.0. The normalized spacial score (nSPS) is 23.7. The van der Waals surface area contributed by atoms with Crippen LogP contribution in [-0.4, -0.2) is 66.0 Å². The number of ether oxygens (including phenoxy) is 2. The average molecular weight is 571 g/mol. The van der Waals surface area contributed by atoms with E-state index in [1.807, 2.05) is 32.5 Å². The molecular formula is C29H38N4O4S2. The molecule has 2 atom stereocenters. The van der Waals surface area contributed by atoms with Crippen LogP contribution in [0.25, 0.3) is 0 Å². The van der Waals surface area contributed by atoms with Crippen molar-refractivity contribution in [3.63, 3.8) is 0 Å². The van der Waals surface area contributed by atoms with Crippen LogP contribution in [0.1, 0.15) is 66.2 Å². The van der Waals surface area contributed by atoms with Gasteiger partial charge in [0.1, 0.15) is 10.6 Å². The first kappa shape index (κ1) is 26.9. The van der Waals surface area contributed by atoms with Crippen LogP contribution in [0.15, 0.2) is 35.0 Å². The molecule has 210 valence electrons. The van der Waals surface area contributed by atoms with Crippen LogP contribution in [0.2, 0.25) is 0 Å². The van der Waals surface area contributed by atoms with Gasteiger partial charge in [-0.05, 0) is 70.6 Å². The number of hydrogen-bond acceptors (Lipinski definition) is 7. The molecular weight excluding hydrogens is 532 g/mol. The summed E-state index contributed by atoms with van der Waals surface area (Å²) >= 11 is 3.45. The number of esters is 1. The molecule has 8 nitrogen and oxygen atoms in total. The molecule has 1 aliphatic carbocycles. The van der Waals surface area contributed by atoms with Gasteiger partial charge in [-0.15, -0.1) is 23.1 Å². The first-order chi connectivity index (χ1) is 18.8. The van der Waals surface area contributed by atoms with Gasteiger partial charge in [0.25, 0.3) is 0 Å². The highest BCUT2D eigenvalue weighted by atomic mass is 32.2. The molecule has 0 saturated carbocycles. The molecule has 3 aliphatic heterocycles. The predicted octanol–water partition coefficient (Wildman–Crippen LogP) is 5.43. The first-order valence-corrected chi connectivity index (χ1v) is 15.7. The summed E-state index contributed by atoms with van der Waals surface area (Å²) in [6, 6.07) is 4.38. The summed E-state index contributed by atoms with van der Waals surface area (Å²) in [4.78, 5) is 31.6. The van der Waals surface area contributed by atoms with Gasteiger partial charge < -0.3 is 19.4 Å². The van der Waals surface area contributed by atoms with Crippen LogP contribution in [-0.2, 0) is 22.3 Å². The van der Waals surface area contributed by atoms with E-state index in [0.29, 0.717) is 23.2 Å². The van der Waals surface area contributed by atoms with Crippen molar-refractivity contribution >= 4 is 40.1 Å². The maximum atomic E-state index is 13.3. The molecule has 2 aromatic rings. The fourth-order valence-electron chi connectivity index (χ4n) is 5.98. The van der Waals surface area contributed by atoms with Gasteiger partial charge in [0.05, 0.1) is 30.2 Å². The third-order valence-corrected chi connectivity index (χ3v) is 10.7. The molecule has 5 heterocycles. The molecule has 39 heavy (non-hydrogen) atoms. The Bertz CT molecular complexity index is 1260. The number of carbonyl (C=O) groups is 2. The Morgan fingerprint density at radius 1 is 1.13 bits per heavy atom. The molecule has 0 radical (unpaired) electrons. The zero-order valence-corrected chi connectivity index (χ0v) is 24.6. The van der Waals surface area contributed by atoms with Crippen molar-refractivity contribution in [2.45, 2.75) is 69.9 Å². The maximum Gasteiger partial charge on any atom is 0.341 e. The van der Waals surface area contributed by atoms with E-state index < -0.39 is 5.60 Å². The monoisotopic (exact) mass is 570 g/mol. The van der Waals surface area contributed by atoms with Crippen molar-refractivity contribution in [2.75, 3.05) is 38.2 Å². The van der Waals surface area contributed by atoms with Gasteiger partial charge in [0.2, 0.25) is 0 Å². The molecule has 0 aromatic carbocycles. The van der Waals surface area contributed by atoms with Gasteiger partial charge in [-0.2, -0.15) is 0 Å². The van der Waals surface area contributed by atoms with Crippen LogP contribution in [0.4, 0.5) is 9.80 Å². The minimum absolute atomic E-state index is 0.213. The summed E-state index contributed by atoms with van der Waals surface area (Å²) in [5, 5.41) is 7.01. The lowest BCUT2D eigenvalue weighted by Gasteiger charge is -2.40. The van der Waals surface area contributed by atoms with Crippen LogP contribution in [0, 0.1) is 5.92 Å². The van der Waals surface area contributed by atoms with Gasteiger partial charge in [0, 0.05) is 47.7 Å². The maximum absolute atomic E-state index is 13.3. The highest BCUT2D eigenvalue weighted by Crippen LogP contribution is 2.51. The standard InChI is InChI=1S/C29H38N4O4S2/c1-29(2,3)37-27(34)24-20-8-4-5-9-22(20)38-25(24)31-28(35)30-14-21-19-10-13-33(18-16-36-17-18)15-23(19)39-26(21)32-11-6-7-12-32/h6-7,11-12,18,21,26H,4-5,8-10,13-17H2,1-3H3,(H2,30,31,35). The Morgan fingerprint density at radius 3 is 2.62 bits per heavy atom. The number of rotatable bonds is 6. The van der Waals surface area contributed by atoms with E-state index in [1.54, 1.807) is 0 Å². The molecule has 0 bridgehead atoms. The van der Waals surface area contributed by atoms with E-state index in [-0.39, 0.29) is 23.3 Å². The summed E-state index contributed by atoms with van der Waals surface area (Å²) in [5.74, 6) is -0.139. The number of carbonyl (C=O) groups excluding carboxylic acids is 2. The number of thiophene rings is 1. The fourth-order valence-corrected chi connectivity index (χ4v) is 8.87. The van der Waals surface area contributed by atoms with Crippen molar-refractivity contribution in [1.29, 1.82) is 0 Å². The summed E-state index contributed by atoms with van der Waals surface area (Å²) in [5.41, 5.74) is 2.46. The topological polar surface area (TPSA) is 84.8 Å². The number of nitrogens with one attached hydrogen (secondary N) is 2. The summed E-state index contributed by atoms with van der Waals surface area (Å²) in [7, 11) is 0. The Hall–Kier alpha value is -2.27. The minimum Gasteiger partial charge on any atom is -0.456 e. The second-order valence-corrected chi connectivity index (χ2v) is 14.2. The number of aryl methyl sites for hydroxylation is 1. The van der Waals surface area contributed by atoms with E-state index in [4.69, 9.17) is 9.47 Å². The number of anilines is 1. The Labute approximate surface area is 238 Å². The number of fused-ring (bicyclic) bond motifs is 1. The first-order valence-electron chi connectivity index (χ1n) is 14.0. The molecule has 1 saturated heterocycles. The smallest absolute Gasteiger partial charge is 0.341 e. The van der Waals surface area contributed by atoms with Crippen LogP contribution in [0.3, 0.4) is 0 Å². The van der Waals surface area contributed by atoms with Crippen molar-refractivity contribution in [3.8, 4) is 0 Å². The van der Waals surface area contributed by atoms with E-state index in [0.717, 1.165) is 64.0 Å². The molecule has 2 aromatic heterocycles. The predicted molar refractivity (Wildman–Crippen MR) is 156 cm³/mol. The molecule has 4 aliphatic rings. The molecule has 2 amide bonds. The van der Waals surface area contributed by atoms with Crippen LogP contribution in [0.5, 0.6) is 0 Å². The third-order valence-electron chi connectivity index (χ3n) is 7.97. The highest BCUT2D eigenvalue weighted by Gasteiger charge is 2.41. The quantitative estimate of drug-likeness (QED) is 0.451. The van der Waals surface area contributed by atoms with Gasteiger partial charge in [-0.1, -0.05) is 5.57 Å². The Balaban J connectivity index is 1.17. The number of aromatic nitrogens is 1. The Morgan fingerprint density at radius 2 is 1.90 bits per heavy atom. The van der Waals surface area contributed by atoms with Crippen LogP contribution < -0.4 is 10.6 Å². The SMILES string of the molecule is CC(C)(C)OC(=O)c1c(NC(=O)NCC2C3=C(CN(C4COC4)CC3)SC2n2cccc2)sc2c1CCCC2. The van der Waals surface area contributed by atoms with Crippen molar-refractivity contribution < 1.29 is 19.1 Å². The number of thioether (sulfide) groups is 1. The van der Waals surface area contributed by atoms with Gasteiger partial charge in [-0.25, -0.2) is 9.59 Å². The van der Waals surface area contributed by atoms with E-state index in [2.05, 4.69) is 44.6 Å². The van der Waals surface area contributed by atoms with Crippen LogP contribution >= 0.6 is 23.1 Å². The van der Waals surface area contributed by atoms with E-state index in [9.17, 15) is 9.59 Å². The average Bonchev–Trinajstić information content (AvgIpc) is 3.57. The van der Waals surface area contributed by atoms with Crippen molar-refractivity contribution in [3.05, 3.63) is 51.0 Å². The molecule has 10 heteroatoms. The van der Waals surface area contributed by atoms with Gasteiger partial charge in [-0.3, -0.25) is 10.2 Å². The zero-order chi connectivity index (χ0) is 27.1. The number of urea groups is 1. The summed E-state index contributed by atoms with van der Waals surface area (Å²) in [6.07, 6.45) is 9.20. The summed E-state index contributed by atoms with van der Waals surface area (Å²) < 4.78 is 13.4. The van der Waals surface area contributed by atoms with Crippen molar-refractivity contribution in [1.82, 2.24) is 14.8 Å². The lowest BCUT2D eigenvalue weighted by atomic mass is 9.92. The van der Waals surface area contributed by atoms with Crippen molar-refractivity contribution in [2.24, 2.45) is 5.92 Å². The molecule has 2 N–H and O–H groups in total. The highest BCUT2D eigenvalue weighted by molar-refractivity contribution is 8.03. The van der Waals surface area contributed by atoms with E-state index in [1.165, 1.54) is 26.7 Å². The Kier molecular flexibility index (Phi) is 7.56. The molecule has 0 spiro atoms. The molecule has 2 unspecified atom stereocenters. The molecule has 1 fully saturated rings. The minimum atomic E-state index is -0.597. The lowest BCUT2D eigenvalue weighted by Crippen LogP contribution is -2.51. The second-order valence-electron chi connectivity index (χ2n) is 11.9. The number of hydrogen-bond donors (Lipinski definition) is 2. The number of nitrogens with zero attached hydrogens (tertiary/aromatic N) is 2. The summed E-state index contributed by atoms with van der Waals surface area (Å²) in [6.45, 7) is 9.82. The third kappa shape index (κ3) is 5.66.